The van der Waals surface area contributed by atoms with Crippen LogP contribution in [-0.4, -0.2) is 77.3 Å². The first-order valence-corrected chi connectivity index (χ1v) is 25.1. The van der Waals surface area contributed by atoms with Crippen molar-refractivity contribution < 1.29 is 43.2 Å². The number of ether oxygens (including phenoxy) is 4. The van der Waals surface area contributed by atoms with Gasteiger partial charge in [0.2, 0.25) is 5.79 Å². The molecule has 366 valence electrons. The third kappa shape index (κ3) is 13.7. The van der Waals surface area contributed by atoms with Crippen LogP contribution < -0.4 is 9.47 Å². The smallest absolute Gasteiger partial charge is 0.410 e. The highest BCUT2D eigenvalue weighted by Crippen LogP contribution is 2.62. The lowest BCUT2D eigenvalue weighted by Gasteiger charge is -2.59. The Bertz CT molecular complexity index is 2060. The summed E-state index contributed by atoms with van der Waals surface area (Å²) in [6.07, 6.45) is 19.9. The zero-order chi connectivity index (χ0) is 47.4. The summed E-state index contributed by atoms with van der Waals surface area (Å²) in [7, 11) is 1.53. The third-order valence-corrected chi connectivity index (χ3v) is 13.8. The fourth-order valence-corrected chi connectivity index (χ4v) is 10.6. The minimum atomic E-state index is -1.47. The van der Waals surface area contributed by atoms with Crippen LogP contribution in [0.15, 0.2) is 90.1 Å². The molecule has 2 aliphatic carbocycles. The molecule has 2 heterocycles. The van der Waals surface area contributed by atoms with Crippen LogP contribution in [0.1, 0.15) is 145 Å². The highest BCUT2D eigenvalue weighted by molar-refractivity contribution is 6.03. The Labute approximate surface area is 398 Å². The van der Waals surface area contributed by atoms with Crippen LogP contribution in [0.3, 0.4) is 0 Å². The van der Waals surface area contributed by atoms with Crippen LogP contribution in [-0.2, 0) is 27.5 Å². The number of unbranched alkanes of at least 4 members (excludes halogenated alkanes) is 11. The van der Waals surface area contributed by atoms with Crippen molar-refractivity contribution >= 4 is 11.8 Å². The average molecular weight is 926 g/mol. The molecule has 0 bridgehead atoms. The van der Waals surface area contributed by atoms with Crippen molar-refractivity contribution in [1.29, 1.82) is 0 Å². The van der Waals surface area contributed by atoms with Crippen LogP contribution in [0.25, 0.3) is 0 Å². The Balaban J connectivity index is 1.42. The Morgan fingerprint density at radius 2 is 1.66 bits per heavy atom. The maximum absolute atomic E-state index is 14.9. The molecule has 11 nitrogen and oxygen atoms in total. The van der Waals surface area contributed by atoms with E-state index in [1.165, 1.54) is 64.2 Å². The van der Waals surface area contributed by atoms with Gasteiger partial charge in [-0.3, -0.25) is 9.88 Å². The second-order valence-corrected chi connectivity index (χ2v) is 18.6. The number of nitrogens with zero attached hydrogens (tertiary/aromatic N) is 3. The van der Waals surface area contributed by atoms with Crippen molar-refractivity contribution in [3.63, 3.8) is 0 Å². The van der Waals surface area contributed by atoms with E-state index in [1.807, 2.05) is 37.3 Å². The zero-order valence-corrected chi connectivity index (χ0v) is 40.3. The van der Waals surface area contributed by atoms with Crippen LogP contribution in [0.4, 0.5) is 9.18 Å². The number of amides is 1. The molecule has 67 heavy (non-hydrogen) atoms. The highest BCUT2D eigenvalue weighted by Gasteiger charge is 2.65. The first kappa shape index (κ1) is 51.6. The second-order valence-electron chi connectivity index (χ2n) is 18.6. The van der Waals surface area contributed by atoms with Crippen molar-refractivity contribution in [3.8, 4) is 11.5 Å². The van der Waals surface area contributed by atoms with Gasteiger partial charge in [-0.15, -0.1) is 6.58 Å². The lowest BCUT2D eigenvalue weighted by Crippen LogP contribution is -2.70. The van der Waals surface area contributed by atoms with Gasteiger partial charge in [0.1, 0.15) is 37.1 Å². The number of aromatic nitrogens is 1. The summed E-state index contributed by atoms with van der Waals surface area (Å²) in [5, 5.41) is 24.6. The Kier molecular flexibility index (Phi) is 20.6. The molecule has 1 amide bonds. The fourth-order valence-electron chi connectivity index (χ4n) is 10.6. The number of carbonyl (C=O) groups is 1. The summed E-state index contributed by atoms with van der Waals surface area (Å²) in [5.74, 6) is -1.18. The molecule has 0 saturated heterocycles. The topological polar surface area (TPSA) is 132 Å². The molecule has 6 rings (SSSR count). The van der Waals surface area contributed by atoms with E-state index in [1.54, 1.807) is 23.1 Å². The largest absolute Gasteiger partial charge is 0.487 e. The minimum absolute atomic E-state index is 0.0402. The molecule has 0 radical (unpaired) electrons. The molecule has 2 N–H and O–H groups in total. The number of aliphatic hydroxyl groups is 2. The number of pyridine rings is 1. The molecule has 3 aliphatic rings. The van der Waals surface area contributed by atoms with E-state index in [-0.39, 0.29) is 69.6 Å². The maximum Gasteiger partial charge on any atom is 0.410 e. The highest BCUT2D eigenvalue weighted by atomic mass is 19.1. The Morgan fingerprint density at radius 3 is 2.34 bits per heavy atom. The zero-order valence-electron chi connectivity index (χ0n) is 40.3. The number of allylic oxidation sites excluding steroid dienone is 1. The SMILES string of the molecule is C=CCOC12Oc3ccc(OCc4cccc(C)n4)cc3C3C(CCCCO)C(CCCCO)C=C(C(=NOC)CC1N(Cc1ccc(F)cc1)C(=O)OCCCCCCCCCCCC)C32. The van der Waals surface area contributed by atoms with Crippen molar-refractivity contribution in [2.75, 3.05) is 33.5 Å². The van der Waals surface area contributed by atoms with Crippen LogP contribution in [0.2, 0.25) is 0 Å². The number of oxime groups is 1. The molecule has 1 aliphatic heterocycles. The summed E-state index contributed by atoms with van der Waals surface area (Å²) in [5.41, 5.74) is 5.01. The summed E-state index contributed by atoms with van der Waals surface area (Å²) in [6, 6.07) is 17.2. The van der Waals surface area contributed by atoms with Gasteiger partial charge < -0.3 is 34.0 Å². The quantitative estimate of drug-likeness (QED) is 0.0397. The summed E-state index contributed by atoms with van der Waals surface area (Å²) >= 11 is 0. The molecule has 12 heteroatoms. The first-order valence-electron chi connectivity index (χ1n) is 25.1. The standard InChI is InChI=1S/C55H76FN3O8/c1-5-7-8-9-10-11-12-13-14-19-34-64-54(62)59(38-41-25-27-43(56)28-26-41)51-37-49(58-63-4)47-35-42(22-15-17-31-60)46(24-16-18-32-61)52-48-36-45(65-39-44-23-20-21-40(3)57-44)29-30-50(48)67-55(51,53(47)52)66-33-6-2/h6,20-21,23,25-30,35-36,42,46,51-53,60-61H,2,5,7-19,22,24,31-34,37-39H2,1,3-4H3. The minimum Gasteiger partial charge on any atom is -0.487 e. The van der Waals surface area contributed by atoms with E-state index in [9.17, 15) is 19.4 Å². The van der Waals surface area contributed by atoms with Gasteiger partial charge in [-0.05, 0) is 104 Å². The number of benzene rings is 2. The van der Waals surface area contributed by atoms with Crippen molar-refractivity contribution in [2.45, 2.75) is 154 Å². The van der Waals surface area contributed by atoms with Gasteiger partial charge >= 0.3 is 6.09 Å². The number of aryl methyl sites for hydroxylation is 1. The summed E-state index contributed by atoms with van der Waals surface area (Å²) in [6.45, 7) is 9.19. The number of carbonyl (C=O) groups excluding carboxylic acids is 1. The molecule has 6 unspecified atom stereocenters. The molecular formula is C55H76FN3O8. The summed E-state index contributed by atoms with van der Waals surface area (Å²) < 4.78 is 41.5. The first-order chi connectivity index (χ1) is 32.8. The third-order valence-electron chi connectivity index (χ3n) is 13.8. The van der Waals surface area contributed by atoms with Gasteiger partial charge in [0, 0.05) is 43.4 Å². The molecule has 0 spiro atoms. The fraction of sp³-hybridized carbons (Fsp3) is 0.582. The number of hydrogen-bond donors (Lipinski definition) is 2. The van der Waals surface area contributed by atoms with Crippen molar-refractivity contribution in [2.24, 2.45) is 22.9 Å². The van der Waals surface area contributed by atoms with Crippen molar-refractivity contribution in [3.05, 3.63) is 113 Å². The molecule has 6 atom stereocenters. The number of aliphatic hydroxyl groups excluding tert-OH is 2. The average Bonchev–Trinajstić information content (AvgIpc) is 3.33. The van der Waals surface area contributed by atoms with E-state index < -0.39 is 23.8 Å². The molecule has 1 fully saturated rings. The van der Waals surface area contributed by atoms with Crippen LogP contribution in [0.5, 0.6) is 11.5 Å². The second kappa shape index (κ2) is 26.7. The normalized spacial score (nSPS) is 22.3. The molecule has 2 aromatic carbocycles. The number of hydrogen-bond acceptors (Lipinski definition) is 10. The van der Waals surface area contributed by atoms with Gasteiger partial charge in [-0.1, -0.05) is 113 Å². The number of fused-ring (bicyclic) bond motifs is 2. The molecule has 1 aromatic heterocycles. The van der Waals surface area contributed by atoms with E-state index in [0.717, 1.165) is 73.0 Å². The van der Waals surface area contributed by atoms with E-state index in [2.05, 4.69) is 30.6 Å². The Morgan fingerprint density at radius 1 is 0.940 bits per heavy atom. The van der Waals surface area contributed by atoms with E-state index >= 15 is 0 Å². The van der Waals surface area contributed by atoms with Gasteiger partial charge in [0.05, 0.1) is 30.5 Å². The van der Waals surface area contributed by atoms with Gasteiger partial charge in [-0.2, -0.15) is 0 Å². The number of halogens is 1. The van der Waals surface area contributed by atoms with Gasteiger partial charge in [0.25, 0.3) is 0 Å². The van der Waals surface area contributed by atoms with Crippen molar-refractivity contribution in [1.82, 2.24) is 9.88 Å². The van der Waals surface area contributed by atoms with E-state index in [4.69, 9.17) is 28.9 Å². The summed E-state index contributed by atoms with van der Waals surface area (Å²) in [4.78, 5) is 26.8. The number of rotatable bonds is 29. The van der Waals surface area contributed by atoms with Gasteiger partial charge in [0.15, 0.2) is 0 Å². The van der Waals surface area contributed by atoms with E-state index in [0.29, 0.717) is 30.1 Å². The van der Waals surface area contributed by atoms with Gasteiger partial charge in [-0.25, -0.2) is 9.18 Å². The Hall–Kier alpha value is -4.78. The molecule has 1 saturated carbocycles. The monoisotopic (exact) mass is 926 g/mol. The lowest BCUT2D eigenvalue weighted by molar-refractivity contribution is -0.256. The molecular weight excluding hydrogens is 850 g/mol. The molecule has 3 aromatic rings. The lowest BCUT2D eigenvalue weighted by atomic mass is 9.55. The maximum atomic E-state index is 14.9. The predicted molar refractivity (Wildman–Crippen MR) is 260 cm³/mol. The van der Waals surface area contributed by atoms with Crippen LogP contribution in [0, 0.1) is 30.5 Å². The predicted octanol–water partition coefficient (Wildman–Crippen LogP) is 11.9. The van der Waals surface area contributed by atoms with Crippen LogP contribution >= 0.6 is 0 Å².